The van der Waals surface area contributed by atoms with Gasteiger partial charge in [0.1, 0.15) is 13.2 Å². The van der Waals surface area contributed by atoms with Gasteiger partial charge in [-0.1, -0.05) is 24.3 Å². The average molecular weight is 499 g/mol. The first kappa shape index (κ1) is 22.0. The molecule has 0 atom stereocenters. The molecule has 0 aliphatic carbocycles. The third-order valence-corrected chi connectivity index (χ3v) is 5.53. The fourth-order valence-electron chi connectivity index (χ4n) is 3.46. The smallest absolute Gasteiger partial charge is 0.291 e. The minimum absolute atomic E-state index is 0.0130. The molecule has 1 aromatic heterocycles. The van der Waals surface area contributed by atoms with Gasteiger partial charge in [0.25, 0.3) is 5.91 Å². The van der Waals surface area contributed by atoms with E-state index in [4.69, 9.17) is 13.9 Å². The Morgan fingerprint density at radius 2 is 1.81 bits per heavy atom. The molecule has 0 unspecified atom stereocenters. The second kappa shape index (κ2) is 9.91. The van der Waals surface area contributed by atoms with Crippen molar-refractivity contribution >= 4 is 33.4 Å². The Morgan fingerprint density at radius 1 is 1.03 bits per heavy atom. The van der Waals surface area contributed by atoms with Crippen LogP contribution in [0.4, 0.5) is 5.69 Å². The summed E-state index contributed by atoms with van der Waals surface area (Å²) in [6.45, 7) is 4.02. The van der Waals surface area contributed by atoms with E-state index in [9.17, 15) is 9.59 Å². The van der Waals surface area contributed by atoms with Gasteiger partial charge in [0.15, 0.2) is 21.9 Å². The van der Waals surface area contributed by atoms with E-state index in [0.717, 1.165) is 16.9 Å². The largest absolute Gasteiger partial charge is 0.486 e. The van der Waals surface area contributed by atoms with Crippen molar-refractivity contribution in [1.29, 1.82) is 0 Å². The average Bonchev–Trinajstić information content (AvgIpc) is 3.25. The van der Waals surface area contributed by atoms with Crippen LogP contribution in [0.1, 0.15) is 28.6 Å². The van der Waals surface area contributed by atoms with E-state index in [1.54, 1.807) is 29.2 Å². The number of amides is 2. The molecule has 7 nitrogen and oxygen atoms in total. The van der Waals surface area contributed by atoms with Crippen molar-refractivity contribution in [2.75, 3.05) is 25.1 Å². The molecule has 1 N–H and O–H groups in total. The zero-order valence-corrected chi connectivity index (χ0v) is 19.2. The van der Waals surface area contributed by atoms with E-state index in [2.05, 4.69) is 21.2 Å². The number of fused-ring (bicyclic) bond motifs is 1. The van der Waals surface area contributed by atoms with Crippen LogP contribution in [0.5, 0.6) is 11.5 Å². The number of hydrogen-bond donors (Lipinski definition) is 1. The molecule has 166 valence electrons. The maximum atomic E-state index is 12.9. The van der Waals surface area contributed by atoms with E-state index in [1.807, 2.05) is 37.3 Å². The highest BCUT2D eigenvalue weighted by molar-refractivity contribution is 9.10. The van der Waals surface area contributed by atoms with Crippen LogP contribution in [-0.4, -0.2) is 36.5 Å². The molecule has 2 heterocycles. The van der Waals surface area contributed by atoms with Gasteiger partial charge in [0, 0.05) is 24.3 Å². The lowest BCUT2D eigenvalue weighted by atomic mass is 10.1. The van der Waals surface area contributed by atoms with Gasteiger partial charge in [-0.3, -0.25) is 9.59 Å². The molecule has 8 heteroatoms. The minimum atomic E-state index is -0.339. The van der Waals surface area contributed by atoms with Crippen molar-refractivity contribution < 1.29 is 23.5 Å². The Labute approximate surface area is 194 Å². The minimum Gasteiger partial charge on any atom is -0.486 e. The van der Waals surface area contributed by atoms with Crippen molar-refractivity contribution in [3.8, 4) is 11.5 Å². The van der Waals surface area contributed by atoms with Crippen LogP contribution in [0, 0.1) is 0 Å². The maximum Gasteiger partial charge on any atom is 0.291 e. The van der Waals surface area contributed by atoms with Crippen LogP contribution < -0.4 is 14.8 Å². The topological polar surface area (TPSA) is 81.0 Å². The summed E-state index contributed by atoms with van der Waals surface area (Å²) in [5.41, 5.74) is 2.42. The first-order valence-electron chi connectivity index (χ1n) is 10.3. The number of likely N-dealkylation sites (N-methyl/N-ethyl adjacent to an activating group) is 1. The number of carbonyl (C=O) groups is 2. The van der Waals surface area contributed by atoms with Gasteiger partial charge < -0.3 is 24.1 Å². The monoisotopic (exact) mass is 498 g/mol. The van der Waals surface area contributed by atoms with Gasteiger partial charge in [-0.25, -0.2) is 0 Å². The third-order valence-electron chi connectivity index (χ3n) is 5.11. The summed E-state index contributed by atoms with van der Waals surface area (Å²) in [4.78, 5) is 26.9. The zero-order chi connectivity index (χ0) is 22.5. The number of nitrogens with zero attached hydrogens (tertiary/aromatic N) is 1. The summed E-state index contributed by atoms with van der Waals surface area (Å²) in [6.07, 6.45) is 0.263. The van der Waals surface area contributed by atoms with Crippen LogP contribution >= 0.6 is 15.9 Å². The van der Waals surface area contributed by atoms with Gasteiger partial charge in [-0.2, -0.15) is 0 Å². The highest BCUT2D eigenvalue weighted by Crippen LogP contribution is 2.34. The molecule has 0 fully saturated rings. The number of anilines is 1. The van der Waals surface area contributed by atoms with Crippen molar-refractivity contribution in [2.24, 2.45) is 0 Å². The highest BCUT2D eigenvalue weighted by atomic mass is 79.9. The molecule has 0 bridgehead atoms. The van der Waals surface area contributed by atoms with Crippen molar-refractivity contribution in [3.05, 3.63) is 76.2 Å². The summed E-state index contributed by atoms with van der Waals surface area (Å²) in [7, 11) is 0. The van der Waals surface area contributed by atoms with E-state index in [0.29, 0.717) is 42.4 Å². The number of halogens is 1. The number of benzene rings is 2. The first-order valence-corrected chi connectivity index (χ1v) is 11.1. The first-order chi connectivity index (χ1) is 15.5. The quantitative estimate of drug-likeness (QED) is 0.512. The molecule has 1 aliphatic heterocycles. The number of hydrogen-bond acceptors (Lipinski definition) is 5. The molecule has 4 rings (SSSR count). The second-order valence-electron chi connectivity index (χ2n) is 7.28. The number of carbonyl (C=O) groups excluding carboxylic acids is 2. The lowest BCUT2D eigenvalue weighted by Crippen LogP contribution is -2.32. The fraction of sp³-hybridized carbons (Fsp3) is 0.250. The molecule has 0 saturated carbocycles. The standard InChI is InChI=1S/C24H23BrN2O5/c1-2-27(15-17-4-3-5-19-23(17)31-13-12-30-19)22(28)14-16-6-8-18(9-7-16)26-24(29)20-10-11-21(25)32-20/h3-11H,2,12-15H2,1H3,(H,26,29). The molecule has 0 radical (unpaired) electrons. The van der Waals surface area contributed by atoms with Gasteiger partial charge >= 0.3 is 0 Å². The number of nitrogens with one attached hydrogen (secondary N) is 1. The Morgan fingerprint density at radius 3 is 2.53 bits per heavy atom. The van der Waals surface area contributed by atoms with Crippen molar-refractivity contribution in [2.45, 2.75) is 19.9 Å². The van der Waals surface area contributed by atoms with E-state index in [1.165, 1.54) is 0 Å². The van der Waals surface area contributed by atoms with E-state index >= 15 is 0 Å². The summed E-state index contributed by atoms with van der Waals surface area (Å²) < 4.78 is 17.2. The van der Waals surface area contributed by atoms with Crippen LogP contribution in [0.2, 0.25) is 0 Å². The summed E-state index contributed by atoms with van der Waals surface area (Å²) in [6, 6.07) is 16.2. The molecular formula is C24H23BrN2O5. The summed E-state index contributed by atoms with van der Waals surface area (Å²) >= 11 is 3.18. The molecule has 0 saturated heterocycles. The van der Waals surface area contributed by atoms with Crippen LogP contribution in [-0.2, 0) is 17.8 Å². The summed E-state index contributed by atoms with van der Waals surface area (Å²) in [5.74, 6) is 1.32. The summed E-state index contributed by atoms with van der Waals surface area (Å²) in [5, 5.41) is 2.77. The molecule has 1 aliphatic rings. The Kier molecular flexibility index (Phi) is 6.80. The molecule has 2 amide bonds. The van der Waals surface area contributed by atoms with Crippen molar-refractivity contribution in [3.63, 3.8) is 0 Å². The zero-order valence-electron chi connectivity index (χ0n) is 17.6. The normalized spacial score (nSPS) is 12.3. The van der Waals surface area contributed by atoms with Gasteiger partial charge in [0.05, 0.1) is 6.42 Å². The van der Waals surface area contributed by atoms with Gasteiger partial charge in [-0.15, -0.1) is 0 Å². The predicted octanol–water partition coefficient (Wildman–Crippen LogP) is 4.66. The Balaban J connectivity index is 1.38. The van der Waals surface area contributed by atoms with E-state index in [-0.39, 0.29) is 24.0 Å². The number of para-hydroxylation sites is 1. The predicted molar refractivity (Wildman–Crippen MR) is 123 cm³/mol. The fourth-order valence-corrected chi connectivity index (χ4v) is 3.77. The molecule has 0 spiro atoms. The molecule has 3 aromatic rings. The molecule has 2 aromatic carbocycles. The van der Waals surface area contributed by atoms with Crippen LogP contribution in [0.25, 0.3) is 0 Å². The number of ether oxygens (including phenoxy) is 2. The lowest BCUT2D eigenvalue weighted by Gasteiger charge is -2.25. The Hall–Kier alpha value is -3.26. The highest BCUT2D eigenvalue weighted by Gasteiger charge is 2.20. The second-order valence-corrected chi connectivity index (χ2v) is 8.06. The lowest BCUT2D eigenvalue weighted by molar-refractivity contribution is -0.130. The van der Waals surface area contributed by atoms with Crippen LogP contribution in [0.3, 0.4) is 0 Å². The molecular weight excluding hydrogens is 476 g/mol. The maximum absolute atomic E-state index is 12.9. The van der Waals surface area contributed by atoms with Gasteiger partial charge in [-0.05, 0) is 58.7 Å². The van der Waals surface area contributed by atoms with Crippen LogP contribution in [0.15, 0.2) is 63.7 Å². The van der Waals surface area contributed by atoms with E-state index < -0.39 is 0 Å². The SMILES string of the molecule is CCN(Cc1cccc2c1OCCO2)C(=O)Cc1ccc(NC(=O)c2ccc(Br)o2)cc1. The van der Waals surface area contributed by atoms with Gasteiger partial charge in [0.2, 0.25) is 5.91 Å². The Bertz CT molecular complexity index is 1110. The third kappa shape index (κ3) is 5.13. The number of rotatable bonds is 7. The molecule has 32 heavy (non-hydrogen) atoms. The van der Waals surface area contributed by atoms with Crippen molar-refractivity contribution in [1.82, 2.24) is 4.90 Å². The number of furan rings is 1.